The van der Waals surface area contributed by atoms with Crippen LogP contribution in [0.15, 0.2) is 42.5 Å². The Morgan fingerprint density at radius 1 is 0.800 bits per heavy atom. The van der Waals surface area contributed by atoms with E-state index in [1.165, 1.54) is 0 Å². The highest BCUT2D eigenvalue weighted by molar-refractivity contribution is 6.32. The summed E-state index contributed by atoms with van der Waals surface area (Å²) in [5.41, 5.74) is 1.40. The Balaban J connectivity index is 2.60. The molecule has 0 saturated heterocycles. The minimum atomic E-state index is -0.280. The molecule has 2 rings (SSSR count). The molecule has 0 bridgehead atoms. The van der Waals surface area contributed by atoms with Crippen LogP contribution < -0.4 is 0 Å². The molecule has 0 heterocycles. The quantitative estimate of drug-likeness (QED) is 0.723. The minimum absolute atomic E-state index is 0.146. The van der Waals surface area contributed by atoms with Crippen molar-refractivity contribution in [1.82, 2.24) is 0 Å². The molecule has 0 spiro atoms. The van der Waals surface area contributed by atoms with Gasteiger partial charge in [-0.2, -0.15) is 0 Å². The monoisotopic (exact) mass is 220 g/mol. The van der Waals surface area contributed by atoms with E-state index in [-0.39, 0.29) is 16.5 Å². The molecule has 0 unspecified atom stereocenters. The molecule has 0 amide bonds. The summed E-state index contributed by atoms with van der Waals surface area (Å²) in [6, 6.07) is 12.5. The second kappa shape index (κ2) is 3.83. The Morgan fingerprint density at radius 3 is 2.13 bits per heavy atom. The number of rotatable bonds is 1. The van der Waals surface area contributed by atoms with Crippen molar-refractivity contribution in [3.05, 3.63) is 47.5 Å². The molecule has 0 aliphatic rings. The largest absolute Gasteiger partial charge is 0.504 e. The van der Waals surface area contributed by atoms with Gasteiger partial charge in [0.15, 0.2) is 11.5 Å². The number of aromatic hydroxyl groups is 2. The second-order valence-electron chi connectivity index (χ2n) is 3.16. The molecule has 0 atom stereocenters. The molecule has 76 valence electrons. The van der Waals surface area contributed by atoms with Gasteiger partial charge in [0.25, 0.3) is 0 Å². The van der Waals surface area contributed by atoms with Gasteiger partial charge in [-0.05, 0) is 17.7 Å². The van der Waals surface area contributed by atoms with E-state index in [1.807, 2.05) is 30.3 Å². The van der Waals surface area contributed by atoms with Crippen molar-refractivity contribution in [3.8, 4) is 22.6 Å². The highest BCUT2D eigenvalue weighted by Crippen LogP contribution is 2.40. The molecule has 0 aliphatic carbocycles. The Bertz CT molecular complexity index is 480. The average molecular weight is 221 g/mol. The zero-order valence-electron chi connectivity index (χ0n) is 7.81. The number of benzene rings is 2. The van der Waals surface area contributed by atoms with Gasteiger partial charge in [-0.25, -0.2) is 0 Å². The number of hydrogen-bond acceptors (Lipinski definition) is 2. The zero-order valence-corrected chi connectivity index (χ0v) is 8.57. The first-order valence-corrected chi connectivity index (χ1v) is 4.84. The van der Waals surface area contributed by atoms with E-state index < -0.39 is 0 Å². The first-order valence-electron chi connectivity index (χ1n) is 4.46. The van der Waals surface area contributed by atoms with Gasteiger partial charge in [-0.1, -0.05) is 41.9 Å². The van der Waals surface area contributed by atoms with Crippen LogP contribution in [-0.4, -0.2) is 10.2 Å². The van der Waals surface area contributed by atoms with Crippen molar-refractivity contribution in [2.24, 2.45) is 0 Å². The summed E-state index contributed by atoms with van der Waals surface area (Å²) < 4.78 is 0. The Hall–Kier alpha value is -1.67. The van der Waals surface area contributed by atoms with E-state index in [9.17, 15) is 10.2 Å². The molecule has 0 fully saturated rings. The van der Waals surface area contributed by atoms with E-state index in [1.54, 1.807) is 12.1 Å². The summed E-state index contributed by atoms with van der Waals surface area (Å²) in [5, 5.41) is 19.3. The van der Waals surface area contributed by atoms with Gasteiger partial charge >= 0.3 is 0 Å². The topological polar surface area (TPSA) is 40.5 Å². The molecule has 15 heavy (non-hydrogen) atoms. The Labute approximate surface area is 92.4 Å². The maximum absolute atomic E-state index is 9.70. The van der Waals surface area contributed by atoms with Crippen molar-refractivity contribution >= 4 is 11.6 Å². The fraction of sp³-hybridized carbons (Fsp3) is 0. The van der Waals surface area contributed by atoms with Crippen LogP contribution in [0.1, 0.15) is 0 Å². The average Bonchev–Trinajstić information content (AvgIpc) is 2.27. The summed E-state index contributed by atoms with van der Waals surface area (Å²) in [5.74, 6) is -0.466. The second-order valence-corrected chi connectivity index (χ2v) is 3.57. The predicted molar refractivity (Wildman–Crippen MR) is 60.2 cm³/mol. The highest BCUT2D eigenvalue weighted by Gasteiger charge is 2.11. The smallest absolute Gasteiger partial charge is 0.177 e. The zero-order chi connectivity index (χ0) is 10.8. The lowest BCUT2D eigenvalue weighted by Gasteiger charge is -2.07. The molecular weight excluding hydrogens is 212 g/mol. The first-order chi connectivity index (χ1) is 7.20. The maximum atomic E-state index is 9.70. The number of phenols is 2. The summed E-state index contributed by atoms with van der Waals surface area (Å²) in [4.78, 5) is 0. The molecular formula is C12H9ClO2. The van der Waals surface area contributed by atoms with E-state index >= 15 is 0 Å². The van der Waals surface area contributed by atoms with Crippen molar-refractivity contribution in [1.29, 1.82) is 0 Å². The standard InChI is InChI=1S/C12H9ClO2/c13-10-7-6-9(11(14)12(10)15)8-4-2-1-3-5-8/h1-7,14-15H. The number of phenolic OH excluding ortho intramolecular Hbond substituents is 2. The Kier molecular flexibility index (Phi) is 2.52. The van der Waals surface area contributed by atoms with Crippen LogP contribution in [0.25, 0.3) is 11.1 Å². The van der Waals surface area contributed by atoms with Crippen LogP contribution >= 0.6 is 11.6 Å². The molecule has 0 aromatic heterocycles. The van der Waals surface area contributed by atoms with Gasteiger partial charge in [-0.15, -0.1) is 0 Å². The molecule has 3 heteroatoms. The molecule has 2 aromatic rings. The predicted octanol–water partition coefficient (Wildman–Crippen LogP) is 3.42. The van der Waals surface area contributed by atoms with Gasteiger partial charge in [-0.3, -0.25) is 0 Å². The fourth-order valence-corrected chi connectivity index (χ4v) is 1.56. The molecule has 2 nitrogen and oxygen atoms in total. The van der Waals surface area contributed by atoms with Crippen molar-refractivity contribution in [3.63, 3.8) is 0 Å². The summed E-state index contributed by atoms with van der Waals surface area (Å²) in [7, 11) is 0. The van der Waals surface area contributed by atoms with Crippen LogP contribution in [0.3, 0.4) is 0 Å². The van der Waals surface area contributed by atoms with Gasteiger partial charge in [0.1, 0.15) is 0 Å². The lowest BCUT2D eigenvalue weighted by Crippen LogP contribution is -1.80. The third-order valence-electron chi connectivity index (χ3n) is 2.19. The van der Waals surface area contributed by atoms with Gasteiger partial charge in [0, 0.05) is 5.56 Å². The van der Waals surface area contributed by atoms with E-state index in [2.05, 4.69) is 0 Å². The number of hydrogen-bond donors (Lipinski definition) is 2. The van der Waals surface area contributed by atoms with E-state index in [0.717, 1.165) is 5.56 Å². The fourth-order valence-electron chi connectivity index (χ4n) is 1.41. The van der Waals surface area contributed by atoms with Crippen LogP contribution in [0.5, 0.6) is 11.5 Å². The third kappa shape index (κ3) is 1.76. The van der Waals surface area contributed by atoms with E-state index in [0.29, 0.717) is 5.56 Å². The van der Waals surface area contributed by atoms with Crippen molar-refractivity contribution < 1.29 is 10.2 Å². The van der Waals surface area contributed by atoms with Crippen LogP contribution in [0, 0.1) is 0 Å². The van der Waals surface area contributed by atoms with Crippen LogP contribution in [0.4, 0.5) is 0 Å². The third-order valence-corrected chi connectivity index (χ3v) is 2.49. The van der Waals surface area contributed by atoms with Crippen molar-refractivity contribution in [2.75, 3.05) is 0 Å². The van der Waals surface area contributed by atoms with Crippen LogP contribution in [-0.2, 0) is 0 Å². The number of halogens is 1. The van der Waals surface area contributed by atoms with Crippen LogP contribution in [0.2, 0.25) is 5.02 Å². The molecule has 0 saturated carbocycles. The summed E-state index contributed by atoms with van der Waals surface area (Å²) in [6.07, 6.45) is 0. The minimum Gasteiger partial charge on any atom is -0.504 e. The summed E-state index contributed by atoms with van der Waals surface area (Å²) in [6.45, 7) is 0. The SMILES string of the molecule is Oc1c(Cl)ccc(-c2ccccc2)c1O. The first kappa shape index (κ1) is 9.87. The van der Waals surface area contributed by atoms with Gasteiger partial charge in [0.05, 0.1) is 5.02 Å². The lowest BCUT2D eigenvalue weighted by molar-refractivity contribution is 0.405. The maximum Gasteiger partial charge on any atom is 0.177 e. The lowest BCUT2D eigenvalue weighted by atomic mass is 10.0. The Morgan fingerprint density at radius 2 is 1.47 bits per heavy atom. The summed E-state index contributed by atoms with van der Waals surface area (Å²) >= 11 is 5.66. The molecule has 2 N–H and O–H groups in total. The van der Waals surface area contributed by atoms with Gasteiger partial charge in [0.2, 0.25) is 0 Å². The van der Waals surface area contributed by atoms with Crippen molar-refractivity contribution in [2.45, 2.75) is 0 Å². The molecule has 2 aromatic carbocycles. The van der Waals surface area contributed by atoms with Gasteiger partial charge < -0.3 is 10.2 Å². The molecule has 0 aliphatic heterocycles. The normalized spacial score (nSPS) is 10.2. The molecule has 0 radical (unpaired) electrons. The van der Waals surface area contributed by atoms with E-state index in [4.69, 9.17) is 11.6 Å². The highest BCUT2D eigenvalue weighted by atomic mass is 35.5.